The van der Waals surface area contributed by atoms with Crippen LogP contribution in [0.15, 0.2) is 18.2 Å². The van der Waals surface area contributed by atoms with E-state index in [0.717, 1.165) is 28.8 Å². The highest BCUT2D eigenvalue weighted by atomic mass is 14.9. The van der Waals surface area contributed by atoms with Crippen LogP contribution < -0.4 is 0 Å². The molecule has 21 heavy (non-hydrogen) atoms. The summed E-state index contributed by atoms with van der Waals surface area (Å²) >= 11 is 0. The first-order chi connectivity index (χ1) is 10.2. The number of aromatic amines is 1. The van der Waals surface area contributed by atoms with Crippen molar-refractivity contribution in [2.24, 2.45) is 17.8 Å². The summed E-state index contributed by atoms with van der Waals surface area (Å²) in [5, 5.41) is 9.05. The van der Waals surface area contributed by atoms with E-state index in [1.165, 1.54) is 44.3 Å². The van der Waals surface area contributed by atoms with Crippen molar-refractivity contribution in [3.63, 3.8) is 0 Å². The van der Waals surface area contributed by atoms with E-state index in [2.05, 4.69) is 11.1 Å². The Balaban J connectivity index is 1.62. The zero-order chi connectivity index (χ0) is 14.0. The van der Waals surface area contributed by atoms with Crippen LogP contribution in [0.25, 0.3) is 11.0 Å². The second kappa shape index (κ2) is 3.88. The summed E-state index contributed by atoms with van der Waals surface area (Å²) in [6, 6.07) is 8.00. The molecule has 0 radical (unpaired) electrons. The highest BCUT2D eigenvalue weighted by Gasteiger charge is 2.53. The quantitative estimate of drug-likeness (QED) is 0.859. The van der Waals surface area contributed by atoms with Gasteiger partial charge in [-0.05, 0) is 74.5 Å². The SMILES string of the molecule is N#Cc1ccc2nc(C34CC5CC(CC(C5)C3)C4)[nH]c2c1. The molecule has 4 saturated carbocycles. The standard InChI is InChI=1S/C18H19N3/c19-10-11-1-2-15-16(6-11)21-17(20-15)18-7-12-3-13(8-18)5-14(4-12)9-18/h1-2,6,12-14H,3-5,7-9H2,(H,20,21). The van der Waals surface area contributed by atoms with Crippen LogP contribution in [-0.4, -0.2) is 9.97 Å². The normalized spacial score (nSPS) is 37.0. The first kappa shape index (κ1) is 11.8. The van der Waals surface area contributed by atoms with Gasteiger partial charge in [-0.3, -0.25) is 0 Å². The van der Waals surface area contributed by atoms with Gasteiger partial charge in [-0.15, -0.1) is 0 Å². The largest absolute Gasteiger partial charge is 0.341 e. The lowest BCUT2D eigenvalue weighted by Crippen LogP contribution is -2.49. The average molecular weight is 277 g/mol. The van der Waals surface area contributed by atoms with E-state index in [-0.39, 0.29) is 0 Å². The van der Waals surface area contributed by atoms with Gasteiger partial charge in [-0.25, -0.2) is 4.98 Å². The van der Waals surface area contributed by atoms with Crippen LogP contribution in [0.5, 0.6) is 0 Å². The summed E-state index contributed by atoms with van der Waals surface area (Å²) in [5.74, 6) is 3.99. The number of fused-ring (bicyclic) bond motifs is 1. The van der Waals surface area contributed by atoms with Crippen LogP contribution >= 0.6 is 0 Å². The molecule has 2 aromatic rings. The van der Waals surface area contributed by atoms with Gasteiger partial charge < -0.3 is 4.98 Å². The number of benzene rings is 1. The third-order valence-corrected chi connectivity index (χ3v) is 6.15. The number of hydrogen-bond donors (Lipinski definition) is 1. The van der Waals surface area contributed by atoms with Gasteiger partial charge in [0.05, 0.1) is 22.7 Å². The number of nitriles is 1. The smallest absolute Gasteiger partial charge is 0.113 e. The maximum absolute atomic E-state index is 9.05. The second-order valence-corrected chi connectivity index (χ2v) is 7.63. The van der Waals surface area contributed by atoms with Crippen molar-refractivity contribution in [3.8, 4) is 6.07 Å². The molecule has 0 unspecified atom stereocenters. The summed E-state index contributed by atoms with van der Waals surface area (Å²) in [5.41, 5.74) is 3.06. The molecule has 0 atom stereocenters. The molecule has 1 heterocycles. The molecular formula is C18H19N3. The lowest BCUT2D eigenvalue weighted by Gasteiger charge is -2.55. The molecule has 0 amide bonds. The second-order valence-electron chi connectivity index (χ2n) is 7.63. The Morgan fingerprint density at radius 1 is 1.10 bits per heavy atom. The minimum absolute atomic E-state index is 0.306. The predicted molar refractivity (Wildman–Crippen MR) is 80.7 cm³/mol. The van der Waals surface area contributed by atoms with Crippen LogP contribution in [0, 0.1) is 29.1 Å². The zero-order valence-electron chi connectivity index (χ0n) is 12.1. The molecule has 106 valence electrons. The number of H-pyrrole nitrogens is 1. The van der Waals surface area contributed by atoms with Crippen molar-refractivity contribution in [1.29, 1.82) is 5.26 Å². The van der Waals surface area contributed by atoms with E-state index in [1.54, 1.807) is 0 Å². The van der Waals surface area contributed by atoms with E-state index in [4.69, 9.17) is 10.2 Å². The first-order valence-electron chi connectivity index (χ1n) is 8.14. The van der Waals surface area contributed by atoms with Crippen molar-refractivity contribution in [2.75, 3.05) is 0 Å². The molecule has 0 aliphatic heterocycles. The highest BCUT2D eigenvalue weighted by molar-refractivity contribution is 5.77. The number of hydrogen-bond acceptors (Lipinski definition) is 2. The van der Waals surface area contributed by atoms with Crippen molar-refractivity contribution >= 4 is 11.0 Å². The summed E-state index contributed by atoms with van der Waals surface area (Å²) < 4.78 is 0. The summed E-state index contributed by atoms with van der Waals surface area (Å²) in [6.45, 7) is 0. The number of nitrogens with one attached hydrogen (secondary N) is 1. The van der Waals surface area contributed by atoms with Crippen LogP contribution in [0.3, 0.4) is 0 Å². The molecule has 6 rings (SSSR count). The lowest BCUT2D eigenvalue weighted by molar-refractivity contribution is -0.00886. The Labute approximate surface area is 124 Å². The molecule has 3 nitrogen and oxygen atoms in total. The number of aromatic nitrogens is 2. The van der Waals surface area contributed by atoms with Crippen molar-refractivity contribution < 1.29 is 0 Å². The molecule has 0 spiro atoms. The number of nitrogens with zero attached hydrogens (tertiary/aromatic N) is 2. The third kappa shape index (κ3) is 1.62. The maximum Gasteiger partial charge on any atom is 0.113 e. The molecule has 3 heteroatoms. The van der Waals surface area contributed by atoms with Gasteiger partial charge in [0.25, 0.3) is 0 Å². The topological polar surface area (TPSA) is 52.5 Å². The Hall–Kier alpha value is -1.82. The maximum atomic E-state index is 9.05. The fraction of sp³-hybridized carbons (Fsp3) is 0.556. The molecule has 4 fully saturated rings. The van der Waals surface area contributed by atoms with Crippen molar-refractivity contribution in [1.82, 2.24) is 9.97 Å². The Bertz CT molecular complexity index is 729. The number of rotatable bonds is 1. The van der Waals surface area contributed by atoms with Crippen LogP contribution in [0.2, 0.25) is 0 Å². The van der Waals surface area contributed by atoms with Gasteiger partial charge in [-0.1, -0.05) is 0 Å². The molecule has 1 N–H and O–H groups in total. The Morgan fingerprint density at radius 2 is 1.76 bits per heavy atom. The van der Waals surface area contributed by atoms with Crippen molar-refractivity contribution in [3.05, 3.63) is 29.6 Å². The molecule has 1 aromatic heterocycles. The van der Waals surface area contributed by atoms with Gasteiger partial charge in [0, 0.05) is 5.41 Å². The molecule has 4 aliphatic rings. The van der Waals surface area contributed by atoms with E-state index < -0.39 is 0 Å². The van der Waals surface area contributed by atoms with Gasteiger partial charge in [0.15, 0.2) is 0 Å². The highest BCUT2D eigenvalue weighted by Crippen LogP contribution is 2.60. The zero-order valence-corrected chi connectivity index (χ0v) is 12.1. The third-order valence-electron chi connectivity index (χ3n) is 6.15. The number of imidazole rings is 1. The van der Waals surface area contributed by atoms with Gasteiger partial charge in [0.2, 0.25) is 0 Å². The molecule has 0 saturated heterocycles. The molecular weight excluding hydrogens is 258 g/mol. The fourth-order valence-corrected chi connectivity index (χ4v) is 5.73. The van der Waals surface area contributed by atoms with E-state index in [0.29, 0.717) is 11.0 Å². The first-order valence-corrected chi connectivity index (χ1v) is 8.14. The average Bonchev–Trinajstić information content (AvgIpc) is 2.89. The van der Waals surface area contributed by atoms with Gasteiger partial charge >= 0.3 is 0 Å². The van der Waals surface area contributed by atoms with Gasteiger partial charge in [-0.2, -0.15) is 5.26 Å². The van der Waals surface area contributed by atoms with E-state index in [1.807, 2.05) is 18.2 Å². The molecule has 1 aromatic carbocycles. The summed E-state index contributed by atoms with van der Waals surface area (Å²) in [7, 11) is 0. The van der Waals surface area contributed by atoms with Crippen LogP contribution in [-0.2, 0) is 5.41 Å². The summed E-state index contributed by atoms with van der Waals surface area (Å²) in [6.07, 6.45) is 8.34. The molecule has 4 bridgehead atoms. The monoisotopic (exact) mass is 277 g/mol. The van der Waals surface area contributed by atoms with Crippen LogP contribution in [0.4, 0.5) is 0 Å². The van der Waals surface area contributed by atoms with Gasteiger partial charge in [0.1, 0.15) is 5.82 Å². The molecule has 4 aliphatic carbocycles. The Kier molecular flexibility index (Phi) is 2.18. The Morgan fingerprint density at radius 3 is 2.38 bits per heavy atom. The van der Waals surface area contributed by atoms with Crippen molar-refractivity contribution in [2.45, 2.75) is 43.9 Å². The fourth-order valence-electron chi connectivity index (χ4n) is 5.73. The lowest BCUT2D eigenvalue weighted by atomic mass is 9.49. The predicted octanol–water partition coefficient (Wildman–Crippen LogP) is 3.90. The van der Waals surface area contributed by atoms with E-state index in [9.17, 15) is 0 Å². The minimum Gasteiger partial charge on any atom is -0.341 e. The summed E-state index contributed by atoms with van der Waals surface area (Å²) in [4.78, 5) is 8.48. The minimum atomic E-state index is 0.306. The van der Waals surface area contributed by atoms with E-state index >= 15 is 0 Å². The van der Waals surface area contributed by atoms with Crippen LogP contribution in [0.1, 0.15) is 49.9 Å².